The molecule has 106 valence electrons. The molecule has 2 heterocycles. The third-order valence-corrected chi connectivity index (χ3v) is 3.24. The molecule has 0 aliphatic rings. The highest BCUT2D eigenvalue weighted by molar-refractivity contribution is 5.89. The summed E-state index contributed by atoms with van der Waals surface area (Å²) in [6.45, 7) is 0. The molecule has 3 rings (SSSR count). The third-order valence-electron chi connectivity index (χ3n) is 3.24. The summed E-state index contributed by atoms with van der Waals surface area (Å²) in [5, 5.41) is 0.425. The number of nitrogens with zero attached hydrogens (tertiary/aromatic N) is 2. The Labute approximate surface area is 119 Å². The number of benzene rings is 1. The number of carbonyl (C=O) groups excluding carboxylic acids is 1. The lowest BCUT2D eigenvalue weighted by Gasteiger charge is -2.06. The van der Waals surface area contributed by atoms with Crippen molar-refractivity contribution in [2.75, 3.05) is 14.2 Å². The molecular formula is C15H12N2O4. The lowest BCUT2D eigenvalue weighted by Crippen LogP contribution is -2.17. The van der Waals surface area contributed by atoms with Gasteiger partial charge in [0.05, 0.1) is 30.7 Å². The van der Waals surface area contributed by atoms with E-state index in [1.165, 1.54) is 24.8 Å². The van der Waals surface area contributed by atoms with E-state index >= 15 is 0 Å². The van der Waals surface area contributed by atoms with Crippen LogP contribution < -0.4 is 10.3 Å². The fourth-order valence-electron chi connectivity index (χ4n) is 2.15. The van der Waals surface area contributed by atoms with E-state index in [9.17, 15) is 9.59 Å². The highest BCUT2D eigenvalue weighted by Gasteiger charge is 2.10. The number of ether oxygens (including phenoxy) is 2. The molecule has 1 aromatic carbocycles. The van der Waals surface area contributed by atoms with Gasteiger partial charge in [0, 0.05) is 6.20 Å². The molecule has 3 aromatic rings. The quantitative estimate of drug-likeness (QED) is 0.528. The van der Waals surface area contributed by atoms with Gasteiger partial charge in [0.15, 0.2) is 0 Å². The van der Waals surface area contributed by atoms with Crippen LogP contribution in [-0.4, -0.2) is 29.6 Å². The lowest BCUT2D eigenvalue weighted by molar-refractivity contribution is 0.0600. The molecule has 0 radical (unpaired) electrons. The normalized spacial score (nSPS) is 10.8. The number of esters is 1. The van der Waals surface area contributed by atoms with Crippen LogP contribution in [0.5, 0.6) is 5.75 Å². The van der Waals surface area contributed by atoms with Gasteiger partial charge in [0.2, 0.25) is 0 Å². The Bertz CT molecular complexity index is 915. The zero-order chi connectivity index (χ0) is 15.0. The van der Waals surface area contributed by atoms with Crippen LogP contribution in [0.15, 0.2) is 41.3 Å². The number of aromatic nitrogens is 2. The van der Waals surface area contributed by atoms with Gasteiger partial charge in [-0.2, -0.15) is 0 Å². The molecule has 0 spiro atoms. The molecule has 0 aliphatic carbocycles. The van der Waals surface area contributed by atoms with Crippen LogP contribution in [0.3, 0.4) is 0 Å². The van der Waals surface area contributed by atoms with Gasteiger partial charge in [-0.15, -0.1) is 0 Å². The standard InChI is InChI=1S/C15H12N2O4/c1-20-10-4-5-12-11(7-10)14(18)17-8-9(15(19)21-2)3-6-13(17)16-12/h3-8H,1-2H3. The molecule has 0 bridgehead atoms. The largest absolute Gasteiger partial charge is 0.497 e. The molecule has 0 fully saturated rings. The van der Waals surface area contributed by atoms with Crippen molar-refractivity contribution in [1.82, 2.24) is 9.38 Å². The average molecular weight is 284 g/mol. The van der Waals surface area contributed by atoms with Gasteiger partial charge in [-0.25, -0.2) is 9.78 Å². The molecule has 0 amide bonds. The Morgan fingerprint density at radius 2 is 2.00 bits per heavy atom. The highest BCUT2D eigenvalue weighted by Crippen LogP contribution is 2.17. The summed E-state index contributed by atoms with van der Waals surface area (Å²) in [4.78, 5) is 28.5. The average Bonchev–Trinajstić information content (AvgIpc) is 2.54. The van der Waals surface area contributed by atoms with Crippen LogP contribution in [0, 0.1) is 0 Å². The Morgan fingerprint density at radius 1 is 1.19 bits per heavy atom. The first kappa shape index (κ1) is 13.1. The molecule has 0 saturated carbocycles. The minimum atomic E-state index is -0.505. The third kappa shape index (κ3) is 2.10. The van der Waals surface area contributed by atoms with Crippen molar-refractivity contribution in [1.29, 1.82) is 0 Å². The van der Waals surface area contributed by atoms with Gasteiger partial charge in [-0.05, 0) is 30.3 Å². The summed E-state index contributed by atoms with van der Waals surface area (Å²) < 4.78 is 11.1. The molecule has 0 aliphatic heterocycles. The number of hydrogen-bond donors (Lipinski definition) is 0. The van der Waals surface area contributed by atoms with Crippen molar-refractivity contribution in [3.05, 3.63) is 52.4 Å². The first-order valence-electron chi connectivity index (χ1n) is 6.22. The van der Waals surface area contributed by atoms with E-state index in [0.717, 1.165) is 0 Å². The maximum Gasteiger partial charge on any atom is 0.339 e. The minimum Gasteiger partial charge on any atom is -0.497 e. The molecule has 0 atom stereocenters. The van der Waals surface area contributed by atoms with Crippen LogP contribution in [0.2, 0.25) is 0 Å². The maximum atomic E-state index is 12.5. The first-order valence-corrected chi connectivity index (χ1v) is 6.22. The Morgan fingerprint density at radius 3 is 2.71 bits per heavy atom. The van der Waals surface area contributed by atoms with Crippen LogP contribution in [0.4, 0.5) is 0 Å². The van der Waals surface area contributed by atoms with Crippen molar-refractivity contribution in [2.45, 2.75) is 0 Å². The number of methoxy groups -OCH3 is 2. The summed E-state index contributed by atoms with van der Waals surface area (Å²) >= 11 is 0. The topological polar surface area (TPSA) is 69.9 Å². The smallest absolute Gasteiger partial charge is 0.339 e. The SMILES string of the molecule is COC(=O)c1ccc2nc3ccc(OC)cc3c(=O)n2c1. The van der Waals surface area contributed by atoms with Crippen molar-refractivity contribution < 1.29 is 14.3 Å². The summed E-state index contributed by atoms with van der Waals surface area (Å²) in [7, 11) is 2.82. The molecule has 0 unspecified atom stereocenters. The van der Waals surface area contributed by atoms with Crippen molar-refractivity contribution in [3.8, 4) is 5.75 Å². The molecule has 2 aromatic heterocycles. The fraction of sp³-hybridized carbons (Fsp3) is 0.133. The van der Waals surface area contributed by atoms with Gasteiger partial charge in [-0.1, -0.05) is 0 Å². The van der Waals surface area contributed by atoms with Crippen molar-refractivity contribution in [2.24, 2.45) is 0 Å². The van der Waals surface area contributed by atoms with Gasteiger partial charge in [0.1, 0.15) is 11.4 Å². The minimum absolute atomic E-state index is 0.264. The number of pyridine rings is 1. The predicted molar refractivity (Wildman–Crippen MR) is 76.9 cm³/mol. The van der Waals surface area contributed by atoms with E-state index in [0.29, 0.717) is 22.3 Å². The Kier molecular flexibility index (Phi) is 3.06. The van der Waals surface area contributed by atoms with E-state index in [1.54, 1.807) is 30.3 Å². The molecule has 6 heteroatoms. The second-order valence-corrected chi connectivity index (χ2v) is 4.44. The number of hydrogen-bond acceptors (Lipinski definition) is 5. The first-order chi connectivity index (χ1) is 10.1. The summed E-state index contributed by atoms with van der Waals surface area (Å²) in [6, 6.07) is 8.28. The van der Waals surface area contributed by atoms with Crippen molar-refractivity contribution >= 4 is 22.5 Å². The number of fused-ring (bicyclic) bond motifs is 2. The van der Waals surface area contributed by atoms with Gasteiger partial charge in [-0.3, -0.25) is 9.20 Å². The van der Waals surface area contributed by atoms with Crippen molar-refractivity contribution in [3.63, 3.8) is 0 Å². The second-order valence-electron chi connectivity index (χ2n) is 4.44. The van der Waals surface area contributed by atoms with Crippen LogP contribution in [0.1, 0.15) is 10.4 Å². The molecule has 21 heavy (non-hydrogen) atoms. The fourth-order valence-corrected chi connectivity index (χ4v) is 2.15. The highest BCUT2D eigenvalue weighted by atomic mass is 16.5. The zero-order valence-electron chi connectivity index (χ0n) is 11.5. The van der Waals surface area contributed by atoms with E-state index < -0.39 is 5.97 Å². The summed E-state index contributed by atoms with van der Waals surface area (Å²) in [5.74, 6) is 0.0695. The summed E-state index contributed by atoms with van der Waals surface area (Å²) in [5.41, 5.74) is 1.06. The second kappa shape index (κ2) is 4.90. The summed E-state index contributed by atoms with van der Waals surface area (Å²) in [6.07, 6.45) is 1.43. The van der Waals surface area contributed by atoms with Gasteiger partial charge in [0.25, 0.3) is 5.56 Å². The monoisotopic (exact) mass is 284 g/mol. The Balaban J connectivity index is 2.35. The zero-order valence-corrected chi connectivity index (χ0v) is 11.5. The van der Waals surface area contributed by atoms with E-state index in [1.807, 2.05) is 0 Å². The van der Waals surface area contributed by atoms with Crippen LogP contribution >= 0.6 is 0 Å². The van der Waals surface area contributed by atoms with E-state index in [4.69, 9.17) is 4.74 Å². The molecule has 6 nitrogen and oxygen atoms in total. The molecular weight excluding hydrogens is 272 g/mol. The van der Waals surface area contributed by atoms with E-state index in [-0.39, 0.29) is 11.1 Å². The predicted octanol–water partition coefficient (Wildman–Crippen LogP) is 1.64. The van der Waals surface area contributed by atoms with Gasteiger partial charge < -0.3 is 9.47 Å². The van der Waals surface area contributed by atoms with Crippen LogP contribution in [-0.2, 0) is 4.74 Å². The van der Waals surface area contributed by atoms with E-state index in [2.05, 4.69) is 9.72 Å². The number of rotatable bonds is 2. The maximum absolute atomic E-state index is 12.5. The van der Waals surface area contributed by atoms with Gasteiger partial charge >= 0.3 is 5.97 Å². The molecule has 0 saturated heterocycles. The number of carbonyl (C=O) groups is 1. The Hall–Kier alpha value is -2.89. The molecule has 0 N–H and O–H groups in total. The van der Waals surface area contributed by atoms with Crippen LogP contribution in [0.25, 0.3) is 16.6 Å². The lowest BCUT2D eigenvalue weighted by atomic mass is 10.2.